The summed E-state index contributed by atoms with van der Waals surface area (Å²) in [6, 6.07) is 2.03. The first kappa shape index (κ1) is 16.7. The first-order valence-electron chi connectivity index (χ1n) is 7.45. The van der Waals surface area contributed by atoms with Crippen molar-refractivity contribution in [1.29, 1.82) is 0 Å². The van der Waals surface area contributed by atoms with Crippen LogP contribution in [0.15, 0.2) is 24.4 Å². The third-order valence-electron chi connectivity index (χ3n) is 3.76. The van der Waals surface area contributed by atoms with Crippen molar-refractivity contribution < 1.29 is 13.5 Å². The van der Waals surface area contributed by atoms with E-state index in [0.29, 0.717) is 41.5 Å². The number of nitrogens with one attached hydrogen (secondary N) is 2. The summed E-state index contributed by atoms with van der Waals surface area (Å²) < 4.78 is 34.4. The van der Waals surface area contributed by atoms with Gasteiger partial charge in [-0.2, -0.15) is 15.4 Å². The molecule has 1 aliphatic heterocycles. The second-order valence-electron chi connectivity index (χ2n) is 5.44. The van der Waals surface area contributed by atoms with Gasteiger partial charge in [0.2, 0.25) is 0 Å². The average Bonchev–Trinajstić information content (AvgIpc) is 3.07. The third kappa shape index (κ3) is 3.49. The monoisotopic (exact) mass is 350 g/mol. The number of nitrogens with zero attached hydrogens (tertiary/aromatic N) is 2. The van der Waals surface area contributed by atoms with Gasteiger partial charge >= 0.3 is 0 Å². The van der Waals surface area contributed by atoms with Gasteiger partial charge in [-0.1, -0.05) is 18.3 Å². The number of ether oxygens (including phenoxy) is 1. The van der Waals surface area contributed by atoms with Gasteiger partial charge in [0.15, 0.2) is 0 Å². The summed E-state index contributed by atoms with van der Waals surface area (Å²) in [5.41, 5.74) is 1.51. The molecular formula is C16H16F2N4OS. The van der Waals surface area contributed by atoms with Crippen LogP contribution in [-0.2, 0) is 4.74 Å². The molecule has 126 valence electrons. The first-order chi connectivity index (χ1) is 11.6. The lowest BCUT2D eigenvalue weighted by molar-refractivity contribution is 0.161. The normalized spacial score (nSPS) is 15.7. The summed E-state index contributed by atoms with van der Waals surface area (Å²) in [5, 5.41) is 13.2. The molecule has 0 radical (unpaired) electrons. The summed E-state index contributed by atoms with van der Waals surface area (Å²) in [4.78, 5) is 0.486. The first-order valence-corrected chi connectivity index (χ1v) is 7.86. The number of hydrogen-bond acceptors (Lipinski definition) is 4. The lowest BCUT2D eigenvalue weighted by Gasteiger charge is -2.20. The van der Waals surface area contributed by atoms with Crippen LogP contribution < -0.4 is 5.32 Å². The third-order valence-corrected chi connectivity index (χ3v) is 3.88. The van der Waals surface area contributed by atoms with Gasteiger partial charge in [0.25, 0.3) is 0 Å². The maximum absolute atomic E-state index is 14.6. The van der Waals surface area contributed by atoms with E-state index in [4.69, 9.17) is 17.0 Å². The number of H-pyrrole nitrogens is 1. The molecule has 0 bridgehead atoms. The minimum atomic E-state index is -0.615. The highest BCUT2D eigenvalue weighted by atomic mass is 32.1. The molecular weight excluding hydrogens is 334 g/mol. The molecule has 0 aliphatic carbocycles. The number of thiocarbonyl (C=S) groups is 1. The van der Waals surface area contributed by atoms with Crippen molar-refractivity contribution in [2.45, 2.75) is 19.4 Å². The predicted octanol–water partition coefficient (Wildman–Crippen LogP) is 2.91. The van der Waals surface area contributed by atoms with Crippen molar-refractivity contribution >= 4 is 22.8 Å². The molecule has 1 aromatic carbocycles. The van der Waals surface area contributed by atoms with Gasteiger partial charge in [0.05, 0.1) is 30.4 Å². The van der Waals surface area contributed by atoms with Gasteiger partial charge < -0.3 is 10.1 Å². The zero-order chi connectivity index (χ0) is 17.1. The predicted molar refractivity (Wildman–Crippen MR) is 89.4 cm³/mol. The number of halogens is 2. The molecule has 2 N–H and O–H groups in total. The highest BCUT2D eigenvalue weighted by Gasteiger charge is 2.23. The molecule has 0 saturated carbocycles. The van der Waals surface area contributed by atoms with Gasteiger partial charge in [-0.25, -0.2) is 8.78 Å². The fourth-order valence-electron chi connectivity index (χ4n) is 2.70. The number of aromatic amines is 1. The molecule has 0 saturated heterocycles. The van der Waals surface area contributed by atoms with Crippen LogP contribution in [-0.4, -0.2) is 33.6 Å². The summed E-state index contributed by atoms with van der Waals surface area (Å²) in [7, 11) is 0. The van der Waals surface area contributed by atoms with Crippen molar-refractivity contribution in [2.24, 2.45) is 0 Å². The molecule has 2 aromatic rings. The quantitative estimate of drug-likeness (QED) is 0.830. The second kappa shape index (κ2) is 7.14. The summed E-state index contributed by atoms with van der Waals surface area (Å²) in [6.07, 6.45) is 3.68. The Labute approximate surface area is 143 Å². The van der Waals surface area contributed by atoms with E-state index in [2.05, 4.69) is 20.7 Å². The standard InChI is InChI=1S/C16H16F2N4OS/c1-9(24)20-16(14-8-19-22-21-14)11-6-12(17)15(13(18)7-11)10-2-4-23-5-3-10/h2,6-8,16H,3-5H2,1H3,(H,20,24)(H,19,21,22). The van der Waals surface area contributed by atoms with Gasteiger partial charge in [-0.05, 0) is 36.6 Å². The molecule has 2 heterocycles. The minimum Gasteiger partial charge on any atom is -0.377 e. The number of hydrogen-bond donors (Lipinski definition) is 2. The number of aromatic nitrogens is 3. The van der Waals surface area contributed by atoms with Crippen molar-refractivity contribution in [3.63, 3.8) is 0 Å². The number of rotatable bonds is 4. The van der Waals surface area contributed by atoms with Crippen LogP contribution >= 0.6 is 12.2 Å². The van der Waals surface area contributed by atoms with Crippen molar-refractivity contribution in [2.75, 3.05) is 13.2 Å². The van der Waals surface area contributed by atoms with Gasteiger partial charge in [0, 0.05) is 5.56 Å². The maximum atomic E-state index is 14.6. The molecule has 24 heavy (non-hydrogen) atoms. The van der Waals surface area contributed by atoms with E-state index in [-0.39, 0.29) is 5.56 Å². The Balaban J connectivity index is 2.01. The Hall–Kier alpha value is -2.19. The van der Waals surface area contributed by atoms with E-state index in [1.807, 2.05) is 0 Å². The fraction of sp³-hybridized carbons (Fsp3) is 0.312. The zero-order valence-corrected chi connectivity index (χ0v) is 13.8. The van der Waals surface area contributed by atoms with Gasteiger partial charge in [-0.3, -0.25) is 0 Å². The summed E-state index contributed by atoms with van der Waals surface area (Å²) in [5.74, 6) is -1.23. The average molecular weight is 350 g/mol. The van der Waals surface area contributed by atoms with Crippen LogP contribution in [0.2, 0.25) is 0 Å². The molecule has 1 atom stereocenters. The van der Waals surface area contributed by atoms with Crippen LogP contribution in [0.3, 0.4) is 0 Å². The molecule has 1 aromatic heterocycles. The molecule has 1 unspecified atom stereocenters. The Kier molecular flexibility index (Phi) is 4.96. The highest BCUT2D eigenvalue weighted by molar-refractivity contribution is 7.80. The van der Waals surface area contributed by atoms with E-state index >= 15 is 0 Å². The van der Waals surface area contributed by atoms with Crippen molar-refractivity contribution in [3.8, 4) is 0 Å². The Morgan fingerprint density at radius 1 is 1.38 bits per heavy atom. The fourth-order valence-corrected chi connectivity index (χ4v) is 2.82. The van der Waals surface area contributed by atoms with E-state index in [1.165, 1.54) is 18.3 Å². The van der Waals surface area contributed by atoms with Crippen LogP contribution in [0.5, 0.6) is 0 Å². The maximum Gasteiger partial charge on any atom is 0.134 e. The second-order valence-corrected chi connectivity index (χ2v) is 6.05. The highest BCUT2D eigenvalue weighted by Crippen LogP contribution is 2.30. The molecule has 0 spiro atoms. The SMILES string of the molecule is CC(=S)NC(c1cc(F)c(C2=CCOCC2)c(F)c1)c1cn[nH]n1. The van der Waals surface area contributed by atoms with E-state index in [1.54, 1.807) is 13.0 Å². The van der Waals surface area contributed by atoms with Crippen LogP contribution in [0, 0.1) is 11.6 Å². The topological polar surface area (TPSA) is 62.8 Å². The minimum absolute atomic E-state index is 0.0000257. The van der Waals surface area contributed by atoms with E-state index < -0.39 is 17.7 Å². The smallest absolute Gasteiger partial charge is 0.134 e. The Morgan fingerprint density at radius 2 is 2.12 bits per heavy atom. The van der Waals surface area contributed by atoms with Crippen LogP contribution in [0.25, 0.3) is 5.57 Å². The molecule has 3 rings (SSSR count). The summed E-state index contributed by atoms with van der Waals surface area (Å²) in [6.45, 7) is 2.51. The van der Waals surface area contributed by atoms with Crippen LogP contribution in [0.1, 0.15) is 36.2 Å². The number of benzene rings is 1. The molecule has 1 aliphatic rings. The lowest BCUT2D eigenvalue weighted by Crippen LogP contribution is -2.26. The summed E-state index contributed by atoms with van der Waals surface area (Å²) >= 11 is 5.06. The van der Waals surface area contributed by atoms with Gasteiger partial charge in [-0.15, -0.1) is 0 Å². The van der Waals surface area contributed by atoms with E-state index in [9.17, 15) is 8.78 Å². The Bertz CT molecular complexity index is 753. The largest absolute Gasteiger partial charge is 0.377 e. The van der Waals surface area contributed by atoms with Gasteiger partial charge in [0.1, 0.15) is 17.3 Å². The molecule has 5 nitrogen and oxygen atoms in total. The lowest BCUT2D eigenvalue weighted by atomic mass is 9.95. The van der Waals surface area contributed by atoms with Crippen molar-refractivity contribution in [1.82, 2.24) is 20.7 Å². The van der Waals surface area contributed by atoms with Crippen molar-refractivity contribution in [3.05, 3.63) is 52.9 Å². The Morgan fingerprint density at radius 3 is 2.67 bits per heavy atom. The zero-order valence-electron chi connectivity index (χ0n) is 13.0. The molecule has 8 heteroatoms. The van der Waals surface area contributed by atoms with Crippen LogP contribution in [0.4, 0.5) is 8.78 Å². The van der Waals surface area contributed by atoms with E-state index in [0.717, 1.165) is 0 Å². The molecule has 0 amide bonds. The molecule has 0 fully saturated rings.